The van der Waals surface area contributed by atoms with E-state index in [4.69, 9.17) is 30.2 Å². The molecule has 1 atom stereocenters. The van der Waals surface area contributed by atoms with Crippen LogP contribution in [0.3, 0.4) is 0 Å². The molecule has 1 aliphatic heterocycles. The summed E-state index contributed by atoms with van der Waals surface area (Å²) in [4.78, 5) is 44.3. The van der Waals surface area contributed by atoms with E-state index in [1.54, 1.807) is 75.6 Å². The van der Waals surface area contributed by atoms with Gasteiger partial charge in [-0.15, -0.1) is 0 Å². The minimum absolute atomic E-state index is 0.171. The molecule has 9 nitrogen and oxygen atoms in total. The van der Waals surface area contributed by atoms with Crippen molar-refractivity contribution < 1.29 is 28.2 Å². The van der Waals surface area contributed by atoms with Crippen LogP contribution in [-0.2, 0) is 14.3 Å². The molecule has 2 aromatic carbocycles. The van der Waals surface area contributed by atoms with E-state index in [9.17, 15) is 14.4 Å². The summed E-state index contributed by atoms with van der Waals surface area (Å²) in [5, 5.41) is 0.418. The van der Waals surface area contributed by atoms with Crippen molar-refractivity contribution in [2.24, 2.45) is 4.99 Å². The van der Waals surface area contributed by atoms with E-state index in [0.29, 0.717) is 52.9 Å². The molecule has 0 unspecified atom stereocenters. The number of carbonyl (C=O) groups excluding carboxylic acids is 2. The number of thiazole rings is 1. The third kappa shape index (κ3) is 5.47. The van der Waals surface area contributed by atoms with Gasteiger partial charge in [0.15, 0.2) is 4.80 Å². The molecule has 3 heterocycles. The number of hydrogen-bond donors (Lipinski definition) is 0. The first-order valence-electron chi connectivity index (χ1n) is 12.7. The molecule has 0 spiro atoms. The number of benzene rings is 2. The smallest absolute Gasteiger partial charge is 0.338 e. The summed E-state index contributed by atoms with van der Waals surface area (Å²) >= 11 is 10.9. The Morgan fingerprint density at radius 3 is 2.62 bits per heavy atom. The second-order valence-electron chi connectivity index (χ2n) is 9.08. The fraction of sp³-hybridized carbons (Fsp3) is 0.200. The van der Waals surface area contributed by atoms with Crippen LogP contribution in [0.1, 0.15) is 41.6 Å². The Hall–Kier alpha value is -3.93. The number of aromatic nitrogens is 1. The molecule has 0 saturated heterocycles. The molecule has 216 valence electrons. The van der Waals surface area contributed by atoms with Crippen molar-refractivity contribution in [3.63, 3.8) is 0 Å². The van der Waals surface area contributed by atoms with Crippen LogP contribution < -0.4 is 19.6 Å². The van der Waals surface area contributed by atoms with E-state index in [0.717, 1.165) is 0 Å². The quantitative estimate of drug-likeness (QED) is 0.246. The van der Waals surface area contributed by atoms with Gasteiger partial charge in [-0.25, -0.2) is 14.6 Å². The first-order chi connectivity index (χ1) is 20.2. The molecule has 5 rings (SSSR count). The number of hydrogen-bond acceptors (Lipinski definition) is 9. The maximum Gasteiger partial charge on any atom is 0.338 e. The predicted octanol–water partition coefficient (Wildman–Crippen LogP) is 5.27. The first kappa shape index (κ1) is 29.6. The second kappa shape index (κ2) is 12.1. The molecule has 0 amide bonds. The average Bonchev–Trinajstić information content (AvgIpc) is 3.56. The molecular weight excluding hydrogens is 648 g/mol. The average molecular weight is 672 g/mol. The third-order valence-corrected chi connectivity index (χ3v) is 8.40. The Bertz CT molecular complexity index is 1940. The van der Waals surface area contributed by atoms with Gasteiger partial charge in [0, 0.05) is 16.7 Å². The standard InChI is InChI=1S/C30H24BrClN2O7S/c1-5-40-29(37)25-15(2)33-30-34(26(25)16-6-10-23(38-3)21(31)12-16)27(35)24(42-30)14-18-8-11-22(41-18)20-13-17(32)7-9-19(20)28(36)39-4/h6-14,26H,5H2,1-4H3/b24-14+/t26-/m1/s1. The highest BCUT2D eigenvalue weighted by Gasteiger charge is 2.33. The highest BCUT2D eigenvalue weighted by atomic mass is 79.9. The van der Waals surface area contributed by atoms with Crippen LogP contribution in [0.5, 0.6) is 5.75 Å². The maximum absolute atomic E-state index is 13.9. The zero-order valence-electron chi connectivity index (χ0n) is 22.9. The van der Waals surface area contributed by atoms with Crippen molar-refractivity contribution in [1.82, 2.24) is 4.57 Å². The third-order valence-electron chi connectivity index (χ3n) is 6.56. The summed E-state index contributed by atoms with van der Waals surface area (Å²) in [6.45, 7) is 3.61. The topological polar surface area (TPSA) is 109 Å². The lowest BCUT2D eigenvalue weighted by Gasteiger charge is -2.25. The fourth-order valence-electron chi connectivity index (χ4n) is 4.67. The molecule has 1 aliphatic rings. The first-order valence-corrected chi connectivity index (χ1v) is 14.7. The van der Waals surface area contributed by atoms with E-state index in [1.807, 2.05) is 0 Å². The normalized spacial score (nSPS) is 14.8. The van der Waals surface area contributed by atoms with Crippen LogP contribution in [0.2, 0.25) is 5.02 Å². The lowest BCUT2D eigenvalue weighted by Crippen LogP contribution is -2.39. The van der Waals surface area contributed by atoms with E-state index in [2.05, 4.69) is 20.9 Å². The van der Waals surface area contributed by atoms with Crippen LogP contribution in [0.15, 0.2) is 78.5 Å². The highest BCUT2D eigenvalue weighted by molar-refractivity contribution is 9.10. The Labute approximate surface area is 257 Å². The minimum Gasteiger partial charge on any atom is -0.496 e. The summed E-state index contributed by atoms with van der Waals surface area (Å²) in [5.74, 6) is 0.261. The van der Waals surface area contributed by atoms with Gasteiger partial charge in [0.1, 0.15) is 17.3 Å². The number of methoxy groups -OCH3 is 2. The number of halogens is 2. The van der Waals surface area contributed by atoms with Crippen molar-refractivity contribution in [2.75, 3.05) is 20.8 Å². The molecule has 0 radical (unpaired) electrons. The van der Waals surface area contributed by atoms with Gasteiger partial charge in [0.05, 0.1) is 52.7 Å². The molecule has 4 aromatic rings. The van der Waals surface area contributed by atoms with Gasteiger partial charge < -0.3 is 18.6 Å². The number of allylic oxidation sites excluding steroid dienone is 1. The van der Waals surface area contributed by atoms with Crippen LogP contribution >= 0.6 is 38.9 Å². The van der Waals surface area contributed by atoms with Crippen LogP contribution in [-0.4, -0.2) is 37.3 Å². The molecular formula is C30H24BrClN2O7S. The van der Waals surface area contributed by atoms with E-state index >= 15 is 0 Å². The van der Waals surface area contributed by atoms with Crippen molar-refractivity contribution in [3.8, 4) is 17.1 Å². The summed E-state index contributed by atoms with van der Waals surface area (Å²) in [7, 11) is 2.85. The molecule has 12 heteroatoms. The summed E-state index contributed by atoms with van der Waals surface area (Å²) in [5.41, 5.74) is 1.77. The van der Waals surface area contributed by atoms with Gasteiger partial charge in [-0.2, -0.15) is 0 Å². The van der Waals surface area contributed by atoms with Crippen LogP contribution in [0.4, 0.5) is 0 Å². The van der Waals surface area contributed by atoms with Gasteiger partial charge in [-0.05, 0) is 77.8 Å². The number of nitrogens with zero attached hydrogens (tertiary/aromatic N) is 2. The van der Waals surface area contributed by atoms with Gasteiger partial charge in [0.25, 0.3) is 5.56 Å². The minimum atomic E-state index is -0.786. The zero-order valence-corrected chi connectivity index (χ0v) is 26.1. The van der Waals surface area contributed by atoms with Gasteiger partial charge >= 0.3 is 11.9 Å². The Kier molecular flexibility index (Phi) is 8.53. The Morgan fingerprint density at radius 1 is 1.14 bits per heavy atom. The molecule has 0 aliphatic carbocycles. The Balaban J connectivity index is 1.64. The van der Waals surface area contributed by atoms with Crippen LogP contribution in [0, 0.1) is 0 Å². The zero-order chi connectivity index (χ0) is 30.1. The van der Waals surface area contributed by atoms with E-state index < -0.39 is 18.0 Å². The highest BCUT2D eigenvalue weighted by Crippen LogP contribution is 2.35. The van der Waals surface area contributed by atoms with Crippen molar-refractivity contribution in [2.45, 2.75) is 19.9 Å². The summed E-state index contributed by atoms with van der Waals surface area (Å²) in [6.07, 6.45) is 1.60. The molecule has 0 N–H and O–H groups in total. The van der Waals surface area contributed by atoms with Gasteiger partial charge in [-0.1, -0.05) is 29.0 Å². The molecule has 42 heavy (non-hydrogen) atoms. The lowest BCUT2D eigenvalue weighted by atomic mass is 9.96. The number of carbonyl (C=O) groups is 2. The lowest BCUT2D eigenvalue weighted by molar-refractivity contribution is -0.139. The van der Waals surface area contributed by atoms with Gasteiger partial charge in [0.2, 0.25) is 0 Å². The number of furan rings is 1. The van der Waals surface area contributed by atoms with E-state index in [-0.39, 0.29) is 23.3 Å². The van der Waals surface area contributed by atoms with Crippen LogP contribution in [0.25, 0.3) is 17.4 Å². The largest absolute Gasteiger partial charge is 0.496 e. The Morgan fingerprint density at radius 2 is 1.93 bits per heavy atom. The number of fused-ring (bicyclic) bond motifs is 1. The van der Waals surface area contributed by atoms with Crippen molar-refractivity contribution in [1.29, 1.82) is 0 Å². The summed E-state index contributed by atoms with van der Waals surface area (Å²) in [6, 6.07) is 12.7. The van der Waals surface area contributed by atoms with Crippen molar-refractivity contribution in [3.05, 3.63) is 106 Å². The molecule has 0 fully saturated rings. The molecule has 0 bridgehead atoms. The summed E-state index contributed by atoms with van der Waals surface area (Å²) < 4.78 is 24.1. The SMILES string of the molecule is CCOC(=O)C1=C(C)N=c2s/c(=C/c3ccc(-c4cc(Cl)ccc4C(=O)OC)o3)c(=O)n2[C@@H]1c1ccc(OC)c(Br)c1. The molecule has 0 saturated carbocycles. The number of ether oxygens (including phenoxy) is 3. The maximum atomic E-state index is 13.9. The van der Waals surface area contributed by atoms with E-state index in [1.165, 1.54) is 23.0 Å². The van der Waals surface area contributed by atoms with Gasteiger partial charge in [-0.3, -0.25) is 9.36 Å². The predicted molar refractivity (Wildman–Crippen MR) is 162 cm³/mol. The number of esters is 2. The fourth-order valence-corrected chi connectivity index (χ4v) is 6.43. The second-order valence-corrected chi connectivity index (χ2v) is 11.4. The molecule has 2 aromatic heterocycles. The number of rotatable bonds is 7. The van der Waals surface area contributed by atoms with Crippen molar-refractivity contribution >= 4 is 56.9 Å². The monoisotopic (exact) mass is 670 g/mol.